The molecule has 0 saturated heterocycles. The van der Waals surface area contributed by atoms with Gasteiger partial charge in [0.25, 0.3) is 0 Å². The van der Waals surface area contributed by atoms with Gasteiger partial charge in [-0.25, -0.2) is 4.85 Å². The van der Waals surface area contributed by atoms with E-state index >= 15 is 0 Å². The average molecular weight is 851 g/mol. The van der Waals surface area contributed by atoms with Gasteiger partial charge in [-0.1, -0.05) is 146 Å². The summed E-state index contributed by atoms with van der Waals surface area (Å²) in [6, 6.07) is 84.7. The van der Waals surface area contributed by atoms with Crippen molar-refractivity contribution in [3.05, 3.63) is 270 Å². The van der Waals surface area contributed by atoms with Crippen LogP contribution in [0.3, 0.4) is 0 Å². The number of benzene rings is 11. The molecule has 1 spiro atoms. The molecule has 0 bridgehead atoms. The Bertz CT molecular complexity index is 3690. The molecule has 0 fully saturated rings. The summed E-state index contributed by atoms with van der Waals surface area (Å²) in [5.41, 5.74) is 17.0. The van der Waals surface area contributed by atoms with E-state index in [0.29, 0.717) is 11.3 Å². The van der Waals surface area contributed by atoms with E-state index in [2.05, 4.69) is 191 Å². The van der Waals surface area contributed by atoms with E-state index < -0.39 is 5.41 Å². The van der Waals surface area contributed by atoms with Gasteiger partial charge in [0.1, 0.15) is 0 Å². The maximum Gasteiger partial charge on any atom is 0.187 e. The van der Waals surface area contributed by atoms with Crippen molar-refractivity contribution in [3.8, 4) is 28.3 Å². The third-order valence-electron chi connectivity index (χ3n) is 14.0. The molecule has 0 radical (unpaired) electrons. The van der Waals surface area contributed by atoms with Crippen LogP contribution in [0.4, 0.5) is 39.8 Å². The van der Waals surface area contributed by atoms with Crippen LogP contribution in [0.25, 0.3) is 59.4 Å². The lowest BCUT2D eigenvalue weighted by molar-refractivity contribution is 0.810. The topological polar surface area (TPSA) is 34.6 Å². The molecule has 2 aliphatic carbocycles. The van der Waals surface area contributed by atoms with Crippen molar-refractivity contribution in [2.24, 2.45) is 0 Å². The van der Waals surface area contributed by atoms with Crippen LogP contribution in [-0.2, 0) is 5.41 Å². The van der Waals surface area contributed by atoms with Crippen molar-refractivity contribution in [2.75, 3.05) is 9.80 Å². The number of nitrogens with zero attached hydrogens (tertiary/aromatic N) is 4. The Labute approximate surface area is 388 Å². The fourth-order valence-corrected chi connectivity index (χ4v) is 11.3. The minimum absolute atomic E-state index is 0.615. The molecular formula is C63H38N4. The van der Waals surface area contributed by atoms with Gasteiger partial charge in [-0.15, -0.1) is 0 Å². The standard InChI is InChI=1S/C63H38N4/c1-65-45-25-29-49(30-26-45)67(47-15-6-3-7-16-47)51-32-36-54-44(39-51)23-34-56-55-33-22-43-38-50(66(46-13-4-2-5-14-46)48-27-20-41(40-64)21-28-48)31-35-53(43)61(55)63(62(54)56)58-19-11-10-18-57(58)60-52-17-9-8-12-42(52)24-37-59(60)63/h2-39H. The lowest BCUT2D eigenvalue weighted by Gasteiger charge is -2.33. The molecule has 0 saturated carbocycles. The van der Waals surface area contributed by atoms with E-state index in [4.69, 9.17) is 6.57 Å². The molecule has 1 atom stereocenters. The highest BCUT2D eigenvalue weighted by Gasteiger charge is 2.53. The summed E-state index contributed by atoms with van der Waals surface area (Å²) in [4.78, 5) is 8.22. The Morgan fingerprint density at radius 3 is 1.46 bits per heavy atom. The summed E-state index contributed by atoms with van der Waals surface area (Å²) < 4.78 is 0. The fourth-order valence-electron chi connectivity index (χ4n) is 11.3. The SMILES string of the molecule is [C-]#[N+]c1ccc(N(c2ccccc2)c2ccc3c4c(ccc3c2)-c2ccc3cc(N(c5ccccc5)c5ccc(C#N)cc5)ccc3c2C42c3ccccc3-c3c2ccc2ccccc32)cc1. The van der Waals surface area contributed by atoms with E-state index in [9.17, 15) is 5.26 Å². The summed E-state index contributed by atoms with van der Waals surface area (Å²) in [7, 11) is 0. The fraction of sp³-hybridized carbons (Fsp3) is 0.0159. The molecule has 0 amide bonds. The van der Waals surface area contributed by atoms with Crippen LogP contribution in [-0.4, -0.2) is 0 Å². The zero-order chi connectivity index (χ0) is 44.6. The number of nitriles is 1. The van der Waals surface area contributed by atoms with Gasteiger partial charge in [0.15, 0.2) is 5.69 Å². The normalized spacial score (nSPS) is 14.0. The summed E-state index contributed by atoms with van der Waals surface area (Å²) in [6.45, 7) is 7.60. The largest absolute Gasteiger partial charge is 0.311 e. The van der Waals surface area contributed by atoms with Gasteiger partial charge in [-0.2, -0.15) is 5.26 Å². The van der Waals surface area contributed by atoms with Crippen molar-refractivity contribution < 1.29 is 0 Å². The Morgan fingerprint density at radius 2 is 0.881 bits per heavy atom. The van der Waals surface area contributed by atoms with E-state index in [-0.39, 0.29) is 0 Å². The lowest BCUT2D eigenvalue weighted by Crippen LogP contribution is -2.26. The summed E-state index contributed by atoms with van der Waals surface area (Å²) in [5, 5.41) is 16.9. The highest BCUT2D eigenvalue weighted by Crippen LogP contribution is 2.66. The van der Waals surface area contributed by atoms with E-state index in [1.165, 1.54) is 66.1 Å². The average Bonchev–Trinajstić information content (AvgIpc) is 3.87. The van der Waals surface area contributed by atoms with Gasteiger partial charge >= 0.3 is 0 Å². The van der Waals surface area contributed by atoms with Gasteiger partial charge in [0.2, 0.25) is 0 Å². The Balaban J connectivity index is 1.08. The molecule has 11 aromatic carbocycles. The van der Waals surface area contributed by atoms with Crippen molar-refractivity contribution in [3.63, 3.8) is 0 Å². The molecule has 0 aliphatic heterocycles. The molecule has 0 aromatic heterocycles. The van der Waals surface area contributed by atoms with E-state index in [1.54, 1.807) is 0 Å². The van der Waals surface area contributed by atoms with Gasteiger partial charge < -0.3 is 9.80 Å². The van der Waals surface area contributed by atoms with Gasteiger partial charge in [-0.05, 0) is 162 Å². The molecule has 67 heavy (non-hydrogen) atoms. The first kappa shape index (κ1) is 38.3. The van der Waals surface area contributed by atoms with E-state index in [0.717, 1.165) is 44.9 Å². The van der Waals surface area contributed by atoms with Crippen LogP contribution in [0, 0.1) is 17.9 Å². The van der Waals surface area contributed by atoms with Crippen LogP contribution in [0.15, 0.2) is 231 Å². The first-order chi connectivity index (χ1) is 33.1. The zero-order valence-corrected chi connectivity index (χ0v) is 36.2. The summed E-state index contributed by atoms with van der Waals surface area (Å²) in [5.74, 6) is 0. The smallest absolute Gasteiger partial charge is 0.187 e. The summed E-state index contributed by atoms with van der Waals surface area (Å²) in [6.07, 6.45) is 0. The lowest BCUT2D eigenvalue weighted by atomic mass is 9.68. The van der Waals surface area contributed by atoms with Gasteiger partial charge in [-0.3, -0.25) is 0 Å². The van der Waals surface area contributed by atoms with Crippen molar-refractivity contribution >= 4 is 72.1 Å². The molecule has 2 aliphatic rings. The number of para-hydroxylation sites is 2. The third kappa shape index (κ3) is 5.64. The second-order valence-electron chi connectivity index (χ2n) is 17.4. The monoisotopic (exact) mass is 850 g/mol. The molecule has 1 unspecified atom stereocenters. The van der Waals surface area contributed by atoms with Gasteiger partial charge in [0, 0.05) is 34.1 Å². The van der Waals surface area contributed by atoms with Crippen LogP contribution >= 0.6 is 0 Å². The number of hydrogen-bond donors (Lipinski definition) is 0. The molecule has 4 heteroatoms. The molecule has 0 heterocycles. The quantitative estimate of drug-likeness (QED) is 0.156. The molecule has 310 valence electrons. The maximum absolute atomic E-state index is 9.64. The van der Waals surface area contributed by atoms with Gasteiger partial charge in [0.05, 0.1) is 23.6 Å². The highest BCUT2D eigenvalue weighted by molar-refractivity contribution is 6.13. The van der Waals surface area contributed by atoms with Crippen LogP contribution < -0.4 is 9.80 Å². The summed E-state index contributed by atoms with van der Waals surface area (Å²) >= 11 is 0. The van der Waals surface area contributed by atoms with Crippen LogP contribution in [0.1, 0.15) is 27.8 Å². The predicted molar refractivity (Wildman–Crippen MR) is 276 cm³/mol. The molecular weight excluding hydrogens is 813 g/mol. The second kappa shape index (κ2) is 14.9. The minimum Gasteiger partial charge on any atom is -0.311 e. The van der Waals surface area contributed by atoms with Crippen molar-refractivity contribution in [2.45, 2.75) is 5.41 Å². The van der Waals surface area contributed by atoms with Crippen molar-refractivity contribution in [1.82, 2.24) is 0 Å². The van der Waals surface area contributed by atoms with E-state index in [1.807, 2.05) is 60.7 Å². The first-order valence-electron chi connectivity index (χ1n) is 22.6. The Morgan fingerprint density at radius 1 is 0.388 bits per heavy atom. The third-order valence-corrected chi connectivity index (χ3v) is 14.0. The number of hydrogen-bond acceptors (Lipinski definition) is 3. The molecule has 11 aromatic rings. The Hall–Kier alpha value is -9.22. The maximum atomic E-state index is 9.64. The number of fused-ring (bicyclic) bond motifs is 16. The highest BCUT2D eigenvalue weighted by atomic mass is 15.1. The number of rotatable bonds is 6. The zero-order valence-electron chi connectivity index (χ0n) is 36.2. The second-order valence-corrected chi connectivity index (χ2v) is 17.4. The predicted octanol–water partition coefficient (Wildman–Crippen LogP) is 16.9. The number of anilines is 6. The molecule has 4 nitrogen and oxygen atoms in total. The molecule has 0 N–H and O–H groups in total. The van der Waals surface area contributed by atoms with Crippen molar-refractivity contribution in [1.29, 1.82) is 5.26 Å². The van der Waals surface area contributed by atoms with Crippen LogP contribution in [0.5, 0.6) is 0 Å². The molecule has 13 rings (SSSR count). The minimum atomic E-state index is -0.635. The Kier molecular flexibility index (Phi) is 8.52. The van der Waals surface area contributed by atoms with Crippen LogP contribution in [0.2, 0.25) is 0 Å². The first-order valence-corrected chi connectivity index (χ1v) is 22.6.